The van der Waals surface area contributed by atoms with Crippen molar-refractivity contribution in [1.82, 2.24) is 15.1 Å². The maximum absolute atomic E-state index is 4.40. The van der Waals surface area contributed by atoms with Crippen molar-refractivity contribution in [2.24, 2.45) is 7.05 Å². The van der Waals surface area contributed by atoms with E-state index in [2.05, 4.69) is 40.7 Å². The van der Waals surface area contributed by atoms with Crippen molar-refractivity contribution in [2.75, 3.05) is 7.05 Å². The second kappa shape index (κ2) is 5.15. The highest BCUT2D eigenvalue weighted by atomic mass is 15.3. The minimum atomic E-state index is 0.309. The molecule has 0 aliphatic heterocycles. The zero-order chi connectivity index (χ0) is 12.3. The SMILES string of the molecule is CNC(Cc1ccccc1)c1cc(C)nn1C. The van der Waals surface area contributed by atoms with E-state index in [0.717, 1.165) is 12.1 Å². The molecule has 0 radical (unpaired) electrons. The van der Waals surface area contributed by atoms with Crippen molar-refractivity contribution < 1.29 is 0 Å². The van der Waals surface area contributed by atoms with Gasteiger partial charge in [0, 0.05) is 7.05 Å². The number of nitrogens with zero attached hydrogens (tertiary/aromatic N) is 2. The van der Waals surface area contributed by atoms with Crippen molar-refractivity contribution in [3.63, 3.8) is 0 Å². The largest absolute Gasteiger partial charge is 0.311 e. The number of aryl methyl sites for hydroxylation is 2. The lowest BCUT2D eigenvalue weighted by Gasteiger charge is -2.16. The van der Waals surface area contributed by atoms with Crippen LogP contribution in [0.1, 0.15) is 23.0 Å². The molecule has 0 aliphatic rings. The van der Waals surface area contributed by atoms with Gasteiger partial charge in [0.05, 0.1) is 17.4 Å². The monoisotopic (exact) mass is 229 g/mol. The molecule has 1 heterocycles. The van der Waals surface area contributed by atoms with Crippen LogP contribution in [0.25, 0.3) is 0 Å². The third kappa shape index (κ3) is 2.74. The van der Waals surface area contributed by atoms with Gasteiger partial charge in [0.15, 0.2) is 0 Å². The molecule has 0 saturated carbocycles. The summed E-state index contributed by atoms with van der Waals surface area (Å²) in [6, 6.07) is 13.0. The summed E-state index contributed by atoms with van der Waals surface area (Å²) < 4.78 is 1.96. The Morgan fingerprint density at radius 2 is 2.00 bits per heavy atom. The fourth-order valence-corrected chi connectivity index (χ4v) is 2.16. The number of benzene rings is 1. The predicted octanol–water partition coefficient (Wildman–Crippen LogP) is 2.23. The van der Waals surface area contributed by atoms with Gasteiger partial charge in [0.2, 0.25) is 0 Å². The number of likely N-dealkylation sites (N-methyl/N-ethyl adjacent to an activating group) is 1. The van der Waals surface area contributed by atoms with E-state index < -0.39 is 0 Å². The topological polar surface area (TPSA) is 29.9 Å². The first-order valence-electron chi connectivity index (χ1n) is 5.92. The highest BCUT2D eigenvalue weighted by molar-refractivity contribution is 5.20. The summed E-state index contributed by atoms with van der Waals surface area (Å²) >= 11 is 0. The molecule has 17 heavy (non-hydrogen) atoms. The Morgan fingerprint density at radius 1 is 1.29 bits per heavy atom. The van der Waals surface area contributed by atoms with E-state index in [1.54, 1.807) is 0 Å². The Morgan fingerprint density at radius 3 is 2.53 bits per heavy atom. The lowest BCUT2D eigenvalue weighted by atomic mass is 10.0. The average Bonchev–Trinajstić information content (AvgIpc) is 2.67. The van der Waals surface area contributed by atoms with Crippen LogP contribution in [0.15, 0.2) is 36.4 Å². The second-order valence-electron chi connectivity index (χ2n) is 4.37. The van der Waals surface area contributed by atoms with Crippen molar-refractivity contribution in [1.29, 1.82) is 0 Å². The Hall–Kier alpha value is -1.61. The molecule has 0 bridgehead atoms. The van der Waals surface area contributed by atoms with E-state index >= 15 is 0 Å². The van der Waals surface area contributed by atoms with Crippen LogP contribution < -0.4 is 5.32 Å². The summed E-state index contributed by atoms with van der Waals surface area (Å²) in [5.41, 5.74) is 3.63. The van der Waals surface area contributed by atoms with E-state index in [9.17, 15) is 0 Å². The molecule has 90 valence electrons. The lowest BCUT2D eigenvalue weighted by Crippen LogP contribution is -2.21. The summed E-state index contributed by atoms with van der Waals surface area (Å²) in [4.78, 5) is 0. The Labute approximate surface area is 102 Å². The predicted molar refractivity (Wildman–Crippen MR) is 69.9 cm³/mol. The number of nitrogens with one attached hydrogen (secondary N) is 1. The van der Waals surface area contributed by atoms with Gasteiger partial charge in [0.1, 0.15) is 0 Å². The molecule has 2 rings (SSSR count). The highest BCUT2D eigenvalue weighted by Crippen LogP contribution is 2.18. The normalized spacial score (nSPS) is 12.6. The summed E-state index contributed by atoms with van der Waals surface area (Å²) in [6.07, 6.45) is 0.982. The average molecular weight is 229 g/mol. The van der Waals surface area contributed by atoms with Crippen LogP contribution in [0, 0.1) is 6.92 Å². The molecule has 3 nitrogen and oxygen atoms in total. The number of hydrogen-bond acceptors (Lipinski definition) is 2. The van der Waals surface area contributed by atoms with Crippen molar-refractivity contribution >= 4 is 0 Å². The molecular weight excluding hydrogens is 210 g/mol. The Bertz CT molecular complexity index is 473. The second-order valence-corrected chi connectivity index (χ2v) is 4.37. The van der Waals surface area contributed by atoms with Gasteiger partial charge in [-0.25, -0.2) is 0 Å². The van der Waals surface area contributed by atoms with Crippen LogP contribution in [0.4, 0.5) is 0 Å². The molecule has 1 aromatic heterocycles. The molecule has 0 spiro atoms. The smallest absolute Gasteiger partial charge is 0.0597 e. The van der Waals surface area contributed by atoms with Crippen LogP contribution in [-0.4, -0.2) is 16.8 Å². The van der Waals surface area contributed by atoms with Crippen LogP contribution in [0.5, 0.6) is 0 Å². The molecule has 0 saturated heterocycles. The van der Waals surface area contributed by atoms with E-state index in [-0.39, 0.29) is 0 Å². The molecule has 1 atom stereocenters. The van der Waals surface area contributed by atoms with Crippen molar-refractivity contribution in [2.45, 2.75) is 19.4 Å². The first-order chi connectivity index (χ1) is 8.20. The molecule has 0 amide bonds. The van der Waals surface area contributed by atoms with E-state index in [4.69, 9.17) is 0 Å². The maximum atomic E-state index is 4.40. The van der Waals surface area contributed by atoms with Crippen LogP contribution in [0.3, 0.4) is 0 Å². The molecule has 1 unspecified atom stereocenters. The Balaban J connectivity index is 2.20. The third-order valence-electron chi connectivity index (χ3n) is 3.03. The van der Waals surface area contributed by atoms with Gasteiger partial charge < -0.3 is 5.32 Å². The molecule has 1 N–H and O–H groups in total. The first-order valence-corrected chi connectivity index (χ1v) is 5.92. The third-order valence-corrected chi connectivity index (χ3v) is 3.03. The van der Waals surface area contributed by atoms with Gasteiger partial charge in [0.25, 0.3) is 0 Å². The van der Waals surface area contributed by atoms with Crippen LogP contribution in [-0.2, 0) is 13.5 Å². The van der Waals surface area contributed by atoms with Crippen molar-refractivity contribution in [3.05, 3.63) is 53.3 Å². The van der Waals surface area contributed by atoms with E-state index in [1.165, 1.54) is 11.3 Å². The highest BCUT2D eigenvalue weighted by Gasteiger charge is 2.14. The summed E-state index contributed by atoms with van der Waals surface area (Å²) in [5.74, 6) is 0. The van der Waals surface area contributed by atoms with Gasteiger partial charge in [-0.05, 0) is 32.0 Å². The number of rotatable bonds is 4. The van der Waals surface area contributed by atoms with E-state index in [0.29, 0.717) is 6.04 Å². The van der Waals surface area contributed by atoms with Crippen LogP contribution in [0.2, 0.25) is 0 Å². The fraction of sp³-hybridized carbons (Fsp3) is 0.357. The first kappa shape index (κ1) is 11.9. The quantitative estimate of drug-likeness (QED) is 0.871. The van der Waals surface area contributed by atoms with Crippen LogP contribution >= 0.6 is 0 Å². The maximum Gasteiger partial charge on any atom is 0.0597 e. The zero-order valence-corrected chi connectivity index (χ0v) is 10.6. The summed E-state index contributed by atoms with van der Waals surface area (Å²) in [6.45, 7) is 2.03. The van der Waals surface area contributed by atoms with Gasteiger partial charge in [-0.15, -0.1) is 0 Å². The van der Waals surface area contributed by atoms with Gasteiger partial charge >= 0.3 is 0 Å². The fourth-order valence-electron chi connectivity index (χ4n) is 2.16. The minimum Gasteiger partial charge on any atom is -0.311 e. The summed E-state index contributed by atoms with van der Waals surface area (Å²) in [7, 11) is 3.99. The molecule has 2 aromatic rings. The number of aromatic nitrogens is 2. The lowest BCUT2D eigenvalue weighted by molar-refractivity contribution is 0.537. The van der Waals surface area contributed by atoms with Gasteiger partial charge in [-0.1, -0.05) is 30.3 Å². The molecule has 0 fully saturated rings. The number of hydrogen-bond donors (Lipinski definition) is 1. The summed E-state index contributed by atoms with van der Waals surface area (Å²) in [5, 5.41) is 7.76. The van der Waals surface area contributed by atoms with Crippen molar-refractivity contribution in [3.8, 4) is 0 Å². The molecule has 1 aromatic carbocycles. The Kier molecular flexibility index (Phi) is 3.59. The molecular formula is C14H19N3. The van der Waals surface area contributed by atoms with Gasteiger partial charge in [-0.3, -0.25) is 4.68 Å². The minimum absolute atomic E-state index is 0.309. The van der Waals surface area contributed by atoms with Gasteiger partial charge in [-0.2, -0.15) is 5.10 Å². The standard InChI is InChI=1S/C14H19N3/c1-11-9-14(17(3)16-11)13(15-2)10-12-7-5-4-6-8-12/h4-9,13,15H,10H2,1-3H3. The van der Waals surface area contributed by atoms with E-state index in [1.807, 2.05) is 31.8 Å². The zero-order valence-electron chi connectivity index (χ0n) is 10.6. The molecule has 3 heteroatoms. The molecule has 0 aliphatic carbocycles.